The molecule has 0 aliphatic heterocycles. The fourth-order valence-electron chi connectivity index (χ4n) is 2.90. The molecule has 0 bridgehead atoms. The lowest BCUT2D eigenvalue weighted by Crippen LogP contribution is -2.23. The first-order valence-electron chi connectivity index (χ1n) is 7.18. The van der Waals surface area contributed by atoms with Crippen LogP contribution in [0, 0.1) is 11.8 Å². The van der Waals surface area contributed by atoms with E-state index in [0.29, 0.717) is 5.92 Å². The second-order valence-corrected chi connectivity index (χ2v) is 6.46. The zero-order valence-corrected chi connectivity index (χ0v) is 12.1. The largest absolute Gasteiger partial charge is 0.481 e. The molecule has 2 atom stereocenters. The topological polar surface area (TPSA) is 37.3 Å². The highest BCUT2D eigenvalue weighted by Gasteiger charge is 2.28. The van der Waals surface area contributed by atoms with E-state index in [1.807, 2.05) is 30.0 Å². The number of carbonyl (C=O) groups is 1. The van der Waals surface area contributed by atoms with Gasteiger partial charge in [-0.1, -0.05) is 37.5 Å². The van der Waals surface area contributed by atoms with E-state index < -0.39 is 5.97 Å². The summed E-state index contributed by atoms with van der Waals surface area (Å²) in [6.45, 7) is 0. The van der Waals surface area contributed by atoms with E-state index in [0.717, 1.165) is 31.4 Å². The first kappa shape index (κ1) is 14.4. The SMILES string of the molecule is O=C(O)C1CCCCCC1CCSc1ccccc1. The van der Waals surface area contributed by atoms with Crippen LogP contribution in [0.5, 0.6) is 0 Å². The highest BCUT2D eigenvalue weighted by Crippen LogP contribution is 2.33. The molecule has 2 nitrogen and oxygen atoms in total. The minimum absolute atomic E-state index is 0.112. The van der Waals surface area contributed by atoms with Gasteiger partial charge in [0.1, 0.15) is 0 Å². The van der Waals surface area contributed by atoms with Gasteiger partial charge in [0, 0.05) is 4.90 Å². The Balaban J connectivity index is 1.83. The third kappa shape index (κ3) is 4.57. The molecular weight excluding hydrogens is 256 g/mol. The maximum absolute atomic E-state index is 11.3. The summed E-state index contributed by atoms with van der Waals surface area (Å²) < 4.78 is 0. The van der Waals surface area contributed by atoms with Crippen molar-refractivity contribution in [3.8, 4) is 0 Å². The molecule has 1 aliphatic rings. The number of rotatable bonds is 5. The van der Waals surface area contributed by atoms with Crippen molar-refractivity contribution < 1.29 is 9.90 Å². The molecule has 0 saturated heterocycles. The third-order valence-corrected chi connectivity index (χ3v) is 5.02. The maximum Gasteiger partial charge on any atom is 0.306 e. The molecule has 1 fully saturated rings. The molecule has 1 saturated carbocycles. The smallest absolute Gasteiger partial charge is 0.306 e. The molecule has 0 spiro atoms. The third-order valence-electron chi connectivity index (χ3n) is 3.98. The number of carboxylic acid groups (broad SMARTS) is 1. The van der Waals surface area contributed by atoms with Crippen LogP contribution in [-0.4, -0.2) is 16.8 Å². The molecule has 104 valence electrons. The van der Waals surface area contributed by atoms with E-state index in [1.54, 1.807) is 0 Å². The summed E-state index contributed by atoms with van der Waals surface area (Å²) in [6.07, 6.45) is 6.47. The van der Waals surface area contributed by atoms with Crippen molar-refractivity contribution in [3.63, 3.8) is 0 Å². The van der Waals surface area contributed by atoms with Crippen LogP contribution < -0.4 is 0 Å². The number of hydrogen-bond acceptors (Lipinski definition) is 2. The van der Waals surface area contributed by atoms with Crippen LogP contribution in [0.4, 0.5) is 0 Å². The van der Waals surface area contributed by atoms with E-state index in [4.69, 9.17) is 0 Å². The highest BCUT2D eigenvalue weighted by atomic mass is 32.2. The minimum atomic E-state index is -0.586. The van der Waals surface area contributed by atoms with Crippen LogP contribution in [0.15, 0.2) is 35.2 Å². The summed E-state index contributed by atoms with van der Waals surface area (Å²) in [5.41, 5.74) is 0. The van der Waals surface area contributed by atoms with Crippen molar-refractivity contribution in [3.05, 3.63) is 30.3 Å². The van der Waals surface area contributed by atoms with Gasteiger partial charge < -0.3 is 5.11 Å². The second kappa shape index (κ2) is 7.59. The Hall–Kier alpha value is -0.960. The van der Waals surface area contributed by atoms with E-state index >= 15 is 0 Å². The molecule has 1 aromatic rings. The standard InChI is InChI=1S/C16H22O2S/c17-16(18)15-10-6-1-3-7-13(15)11-12-19-14-8-4-2-5-9-14/h2,4-5,8-9,13,15H,1,3,6-7,10-12H2,(H,17,18). The predicted molar refractivity (Wildman–Crippen MR) is 79.5 cm³/mol. The fraction of sp³-hybridized carbons (Fsp3) is 0.562. The molecule has 1 N–H and O–H groups in total. The second-order valence-electron chi connectivity index (χ2n) is 5.29. The molecule has 2 rings (SSSR count). The van der Waals surface area contributed by atoms with Crippen molar-refractivity contribution in [2.75, 3.05) is 5.75 Å². The molecule has 0 heterocycles. The molecule has 3 heteroatoms. The lowest BCUT2D eigenvalue weighted by atomic mass is 9.86. The van der Waals surface area contributed by atoms with Crippen molar-refractivity contribution in [1.82, 2.24) is 0 Å². The normalized spacial score (nSPS) is 23.8. The summed E-state index contributed by atoms with van der Waals surface area (Å²) in [5.74, 6) is 0.699. The molecule has 19 heavy (non-hydrogen) atoms. The number of carboxylic acids is 1. The Morgan fingerprint density at radius 1 is 1.16 bits per heavy atom. The highest BCUT2D eigenvalue weighted by molar-refractivity contribution is 7.99. The Bertz CT molecular complexity index is 391. The van der Waals surface area contributed by atoms with Gasteiger partial charge in [0.15, 0.2) is 0 Å². The Kier molecular flexibility index (Phi) is 5.77. The molecule has 1 aliphatic carbocycles. The number of hydrogen-bond donors (Lipinski definition) is 1. The monoisotopic (exact) mass is 278 g/mol. The van der Waals surface area contributed by atoms with Gasteiger partial charge in [-0.3, -0.25) is 4.79 Å². The van der Waals surface area contributed by atoms with Gasteiger partial charge in [0.05, 0.1) is 5.92 Å². The first-order valence-corrected chi connectivity index (χ1v) is 8.16. The van der Waals surface area contributed by atoms with Crippen molar-refractivity contribution in [2.24, 2.45) is 11.8 Å². The van der Waals surface area contributed by atoms with Gasteiger partial charge in [-0.25, -0.2) is 0 Å². The number of aliphatic carboxylic acids is 1. The van der Waals surface area contributed by atoms with Gasteiger partial charge in [0.25, 0.3) is 0 Å². The molecular formula is C16H22O2S. The maximum atomic E-state index is 11.3. The molecule has 1 aromatic carbocycles. The summed E-state index contributed by atoms with van der Waals surface area (Å²) in [4.78, 5) is 12.6. The predicted octanol–water partition coefficient (Wildman–Crippen LogP) is 4.45. The van der Waals surface area contributed by atoms with Crippen molar-refractivity contribution >= 4 is 17.7 Å². The van der Waals surface area contributed by atoms with Crippen LogP contribution in [0.3, 0.4) is 0 Å². The Morgan fingerprint density at radius 3 is 2.63 bits per heavy atom. The molecule has 0 amide bonds. The quantitative estimate of drug-likeness (QED) is 0.638. The van der Waals surface area contributed by atoms with E-state index in [2.05, 4.69) is 12.1 Å². The van der Waals surface area contributed by atoms with E-state index in [-0.39, 0.29) is 5.92 Å². The van der Waals surface area contributed by atoms with Crippen LogP contribution >= 0.6 is 11.8 Å². The van der Waals surface area contributed by atoms with Gasteiger partial charge >= 0.3 is 5.97 Å². The summed E-state index contributed by atoms with van der Waals surface area (Å²) in [5, 5.41) is 9.34. The number of benzene rings is 1. The lowest BCUT2D eigenvalue weighted by molar-refractivity contribution is -0.144. The zero-order chi connectivity index (χ0) is 13.5. The van der Waals surface area contributed by atoms with Gasteiger partial charge in [-0.15, -0.1) is 11.8 Å². The molecule has 0 aromatic heterocycles. The van der Waals surface area contributed by atoms with Gasteiger partial charge in [-0.2, -0.15) is 0 Å². The average Bonchev–Trinajstić information content (AvgIpc) is 2.65. The van der Waals surface area contributed by atoms with Crippen LogP contribution in [0.1, 0.15) is 38.5 Å². The fourth-order valence-corrected chi connectivity index (χ4v) is 3.91. The first-order chi connectivity index (χ1) is 9.27. The van der Waals surface area contributed by atoms with Crippen LogP contribution in [0.2, 0.25) is 0 Å². The lowest BCUT2D eigenvalue weighted by Gasteiger charge is -2.21. The van der Waals surface area contributed by atoms with Crippen molar-refractivity contribution in [2.45, 2.75) is 43.4 Å². The van der Waals surface area contributed by atoms with Crippen LogP contribution in [-0.2, 0) is 4.79 Å². The van der Waals surface area contributed by atoms with Gasteiger partial charge in [0.2, 0.25) is 0 Å². The minimum Gasteiger partial charge on any atom is -0.481 e. The average molecular weight is 278 g/mol. The summed E-state index contributed by atoms with van der Waals surface area (Å²) in [6, 6.07) is 10.4. The molecule has 0 radical (unpaired) electrons. The van der Waals surface area contributed by atoms with Gasteiger partial charge in [-0.05, 0) is 43.1 Å². The van der Waals surface area contributed by atoms with E-state index in [1.165, 1.54) is 17.7 Å². The zero-order valence-electron chi connectivity index (χ0n) is 11.3. The van der Waals surface area contributed by atoms with Crippen molar-refractivity contribution in [1.29, 1.82) is 0 Å². The van der Waals surface area contributed by atoms with Crippen LogP contribution in [0.25, 0.3) is 0 Å². The Labute approximate surface area is 119 Å². The molecule has 2 unspecified atom stereocenters. The number of thioether (sulfide) groups is 1. The Morgan fingerprint density at radius 2 is 1.89 bits per heavy atom. The summed E-state index contributed by atoms with van der Waals surface area (Å²) in [7, 11) is 0. The van der Waals surface area contributed by atoms with E-state index in [9.17, 15) is 9.90 Å². The summed E-state index contributed by atoms with van der Waals surface area (Å²) >= 11 is 1.84.